The summed E-state index contributed by atoms with van der Waals surface area (Å²) in [7, 11) is -1.91. The Kier molecular flexibility index (Phi) is 8.55. The van der Waals surface area contributed by atoms with Crippen molar-refractivity contribution in [2.75, 3.05) is 39.8 Å². The molecule has 0 unspecified atom stereocenters. The lowest BCUT2D eigenvalue weighted by molar-refractivity contribution is 0.0140. The number of hydrogen-bond acceptors (Lipinski definition) is 5. The molecule has 0 saturated carbocycles. The number of fused-ring (bicyclic) bond motifs is 1. The van der Waals surface area contributed by atoms with Crippen LogP contribution in [-0.2, 0) is 20.2 Å². The maximum absolute atomic E-state index is 13.3. The van der Waals surface area contributed by atoms with E-state index in [1.807, 2.05) is 49.9 Å². The topological polar surface area (TPSA) is 70.2 Å². The van der Waals surface area contributed by atoms with Crippen LogP contribution in [0.2, 0.25) is 0 Å². The predicted molar refractivity (Wildman–Crippen MR) is 151 cm³/mol. The molecule has 0 radical (unpaired) electrons. The molecule has 8 heteroatoms. The lowest BCUT2D eigenvalue weighted by Gasteiger charge is -2.40. The van der Waals surface area contributed by atoms with Gasteiger partial charge in [0.1, 0.15) is 5.60 Å². The molecule has 1 amide bonds. The van der Waals surface area contributed by atoms with Gasteiger partial charge >= 0.3 is 6.09 Å². The van der Waals surface area contributed by atoms with Gasteiger partial charge in [0, 0.05) is 44.7 Å². The van der Waals surface area contributed by atoms with Crippen molar-refractivity contribution in [2.24, 2.45) is 5.92 Å². The molecule has 2 heterocycles. The zero-order chi connectivity index (χ0) is 27.6. The Bertz CT molecular complexity index is 1180. The molecule has 2 aliphatic heterocycles. The standard InChI is InChI=1S/C30H43N3O4S/c1-29(2,3)37-28(34)33-20-16-24-22-32(19-17-27(24)33)21-18-30(4,25-12-8-6-9-13-25)23-31(5)38(35,36)26-14-10-7-11-15-26/h6-15,24,27H,16-23H2,1-5H3/t24-,27+,30-/m1/s1. The molecular weight excluding hydrogens is 498 g/mol. The zero-order valence-corrected chi connectivity index (χ0v) is 24.3. The summed E-state index contributed by atoms with van der Waals surface area (Å²) < 4.78 is 33.8. The molecule has 2 aromatic carbocycles. The number of hydrogen-bond donors (Lipinski definition) is 0. The number of carbonyl (C=O) groups excluding carboxylic acids is 1. The van der Waals surface area contributed by atoms with Crippen molar-refractivity contribution in [1.82, 2.24) is 14.1 Å². The van der Waals surface area contributed by atoms with E-state index >= 15 is 0 Å². The third-order valence-electron chi connectivity index (χ3n) is 8.02. The quantitative estimate of drug-likeness (QED) is 0.471. The van der Waals surface area contributed by atoms with Crippen molar-refractivity contribution < 1.29 is 17.9 Å². The largest absolute Gasteiger partial charge is 0.444 e. The van der Waals surface area contributed by atoms with E-state index in [2.05, 4.69) is 24.0 Å². The number of benzene rings is 2. The Morgan fingerprint density at radius 2 is 1.61 bits per heavy atom. The van der Waals surface area contributed by atoms with Crippen molar-refractivity contribution in [3.8, 4) is 0 Å². The van der Waals surface area contributed by atoms with Gasteiger partial charge in [-0.15, -0.1) is 0 Å². The third-order valence-corrected chi connectivity index (χ3v) is 9.84. The zero-order valence-electron chi connectivity index (χ0n) is 23.5. The smallest absolute Gasteiger partial charge is 0.410 e. The van der Waals surface area contributed by atoms with Crippen LogP contribution in [0.4, 0.5) is 4.79 Å². The monoisotopic (exact) mass is 541 g/mol. The Labute approximate surface area is 228 Å². The van der Waals surface area contributed by atoms with Gasteiger partial charge in [-0.25, -0.2) is 17.5 Å². The number of likely N-dealkylation sites (N-methyl/N-ethyl adjacent to an activating group) is 1. The summed E-state index contributed by atoms with van der Waals surface area (Å²) in [5.41, 5.74) is 0.299. The van der Waals surface area contributed by atoms with E-state index in [-0.39, 0.29) is 17.6 Å². The van der Waals surface area contributed by atoms with Crippen LogP contribution in [0.5, 0.6) is 0 Å². The molecule has 2 fully saturated rings. The van der Waals surface area contributed by atoms with E-state index in [1.54, 1.807) is 31.3 Å². The van der Waals surface area contributed by atoms with Crippen LogP contribution in [0.1, 0.15) is 52.5 Å². The van der Waals surface area contributed by atoms with Gasteiger partial charge in [0.25, 0.3) is 0 Å². The van der Waals surface area contributed by atoms with E-state index in [0.717, 1.165) is 51.0 Å². The second-order valence-corrected chi connectivity index (χ2v) is 14.2. The fourth-order valence-electron chi connectivity index (χ4n) is 5.92. The fraction of sp³-hybridized carbons (Fsp3) is 0.567. The van der Waals surface area contributed by atoms with Crippen LogP contribution in [0.25, 0.3) is 0 Å². The number of sulfonamides is 1. The summed E-state index contributed by atoms with van der Waals surface area (Å²) in [6.07, 6.45) is 2.57. The molecule has 4 rings (SSSR count). The van der Waals surface area contributed by atoms with Gasteiger partial charge < -0.3 is 14.5 Å². The van der Waals surface area contributed by atoms with E-state index in [1.165, 1.54) is 4.31 Å². The van der Waals surface area contributed by atoms with E-state index in [9.17, 15) is 13.2 Å². The van der Waals surface area contributed by atoms with E-state index < -0.39 is 15.6 Å². The highest BCUT2D eigenvalue weighted by Gasteiger charge is 2.42. The number of nitrogens with zero attached hydrogens (tertiary/aromatic N) is 3. The summed E-state index contributed by atoms with van der Waals surface area (Å²) in [4.78, 5) is 17.5. The normalized spacial score (nSPS) is 22.2. The first-order valence-electron chi connectivity index (χ1n) is 13.7. The molecule has 208 valence electrons. The summed E-state index contributed by atoms with van der Waals surface area (Å²) >= 11 is 0. The second-order valence-electron chi connectivity index (χ2n) is 12.1. The number of likely N-dealkylation sites (tertiary alicyclic amines) is 2. The first-order chi connectivity index (χ1) is 17.9. The summed E-state index contributed by atoms with van der Waals surface area (Å²) in [6.45, 7) is 11.8. The van der Waals surface area contributed by atoms with Gasteiger partial charge in [-0.2, -0.15) is 0 Å². The lowest BCUT2D eigenvalue weighted by Crippen LogP contribution is -2.49. The molecule has 0 aliphatic carbocycles. The van der Waals surface area contributed by atoms with E-state index in [0.29, 0.717) is 17.4 Å². The Balaban J connectivity index is 1.43. The molecule has 38 heavy (non-hydrogen) atoms. The Morgan fingerprint density at radius 3 is 2.24 bits per heavy atom. The summed E-state index contributed by atoms with van der Waals surface area (Å²) in [6, 6.07) is 19.1. The fourth-order valence-corrected chi connectivity index (χ4v) is 7.23. The lowest BCUT2D eigenvalue weighted by atomic mass is 9.79. The second kappa shape index (κ2) is 11.4. The summed E-state index contributed by atoms with van der Waals surface area (Å²) in [5, 5.41) is 0. The van der Waals surface area contributed by atoms with Crippen LogP contribution in [-0.4, -0.2) is 80.0 Å². The molecule has 0 aromatic heterocycles. The molecule has 0 spiro atoms. The Hall–Kier alpha value is -2.42. The molecule has 2 saturated heterocycles. The Morgan fingerprint density at radius 1 is 0.974 bits per heavy atom. The minimum atomic E-state index is -3.59. The van der Waals surface area contributed by atoms with Crippen molar-refractivity contribution in [1.29, 1.82) is 0 Å². The van der Waals surface area contributed by atoms with E-state index in [4.69, 9.17) is 4.74 Å². The van der Waals surface area contributed by atoms with Crippen LogP contribution in [0.15, 0.2) is 65.6 Å². The van der Waals surface area contributed by atoms with Gasteiger partial charge in [-0.05, 0) is 70.2 Å². The molecule has 3 atom stereocenters. The van der Waals surface area contributed by atoms with Gasteiger partial charge in [0.05, 0.1) is 4.90 Å². The SMILES string of the molecule is CN(C[C@@](C)(CCN1CC[C@H]2[C@H](CCN2C(=O)OC(C)(C)C)C1)c1ccccc1)S(=O)(=O)c1ccccc1. The van der Waals surface area contributed by atoms with Crippen molar-refractivity contribution in [3.05, 3.63) is 66.2 Å². The third kappa shape index (κ3) is 6.58. The first kappa shape index (κ1) is 28.6. The van der Waals surface area contributed by atoms with Crippen LogP contribution in [0.3, 0.4) is 0 Å². The highest BCUT2D eigenvalue weighted by Crippen LogP contribution is 2.35. The maximum Gasteiger partial charge on any atom is 0.410 e. The maximum atomic E-state index is 13.3. The average molecular weight is 542 g/mol. The molecule has 2 aromatic rings. The minimum absolute atomic E-state index is 0.197. The number of ether oxygens (including phenoxy) is 1. The number of carbonyl (C=O) groups is 1. The molecule has 0 N–H and O–H groups in total. The molecule has 7 nitrogen and oxygen atoms in total. The highest BCUT2D eigenvalue weighted by atomic mass is 32.2. The molecule has 0 bridgehead atoms. The van der Waals surface area contributed by atoms with Crippen LogP contribution in [0, 0.1) is 5.92 Å². The highest BCUT2D eigenvalue weighted by molar-refractivity contribution is 7.89. The first-order valence-corrected chi connectivity index (χ1v) is 15.1. The van der Waals surface area contributed by atoms with Crippen LogP contribution < -0.4 is 0 Å². The molecular formula is C30H43N3O4S. The van der Waals surface area contributed by atoms with Gasteiger partial charge in [0.2, 0.25) is 10.0 Å². The van der Waals surface area contributed by atoms with Crippen molar-refractivity contribution >= 4 is 16.1 Å². The van der Waals surface area contributed by atoms with Crippen molar-refractivity contribution in [3.63, 3.8) is 0 Å². The van der Waals surface area contributed by atoms with Gasteiger partial charge in [0.15, 0.2) is 0 Å². The van der Waals surface area contributed by atoms with Crippen molar-refractivity contribution in [2.45, 2.75) is 68.9 Å². The number of piperidine rings is 1. The van der Waals surface area contributed by atoms with Gasteiger partial charge in [-0.3, -0.25) is 0 Å². The number of rotatable bonds is 8. The van der Waals surface area contributed by atoms with Crippen LogP contribution >= 0.6 is 0 Å². The molecule has 2 aliphatic rings. The number of amides is 1. The average Bonchev–Trinajstić information content (AvgIpc) is 3.31. The summed E-state index contributed by atoms with van der Waals surface area (Å²) in [5.74, 6) is 0.445. The predicted octanol–water partition coefficient (Wildman–Crippen LogP) is 4.99. The van der Waals surface area contributed by atoms with Gasteiger partial charge in [-0.1, -0.05) is 55.5 Å². The minimum Gasteiger partial charge on any atom is -0.444 e.